The van der Waals surface area contributed by atoms with Crippen LogP contribution >= 0.6 is 0 Å². The predicted octanol–water partition coefficient (Wildman–Crippen LogP) is 2.89. The van der Waals surface area contributed by atoms with Gasteiger partial charge in [0.15, 0.2) is 0 Å². The van der Waals surface area contributed by atoms with E-state index in [1.54, 1.807) is 7.11 Å². The first kappa shape index (κ1) is 11.8. The molecule has 2 nitrogen and oxygen atoms in total. The lowest BCUT2D eigenvalue weighted by atomic mass is 9.80. The predicted molar refractivity (Wildman–Crippen MR) is 76.6 cm³/mol. The summed E-state index contributed by atoms with van der Waals surface area (Å²) in [5, 5.41) is 0. The zero-order valence-corrected chi connectivity index (χ0v) is 11.8. The number of hydrogen-bond donors (Lipinski definition) is 0. The van der Waals surface area contributed by atoms with Crippen LogP contribution < -0.4 is 4.74 Å². The molecular formula is C17H23NO. The molecule has 0 N–H and O–H groups in total. The third kappa shape index (κ3) is 2.06. The number of benzene rings is 1. The molecule has 0 aromatic heterocycles. The topological polar surface area (TPSA) is 12.5 Å². The van der Waals surface area contributed by atoms with E-state index in [0.29, 0.717) is 0 Å². The summed E-state index contributed by atoms with van der Waals surface area (Å²) in [5.74, 6) is 2.99. The van der Waals surface area contributed by atoms with E-state index >= 15 is 0 Å². The fourth-order valence-corrected chi connectivity index (χ4v) is 4.09. The molecule has 0 bridgehead atoms. The summed E-state index contributed by atoms with van der Waals surface area (Å²) in [6.45, 7) is 2.68. The third-order valence-corrected chi connectivity index (χ3v) is 5.34. The van der Waals surface area contributed by atoms with Crippen molar-refractivity contribution in [2.24, 2.45) is 11.8 Å². The summed E-state index contributed by atoms with van der Waals surface area (Å²) < 4.78 is 5.55. The maximum Gasteiger partial charge on any atom is 0.122 e. The normalized spacial score (nSPS) is 29.9. The number of fused-ring (bicyclic) bond motifs is 2. The van der Waals surface area contributed by atoms with E-state index < -0.39 is 0 Å². The van der Waals surface area contributed by atoms with Crippen molar-refractivity contribution < 1.29 is 4.74 Å². The van der Waals surface area contributed by atoms with E-state index in [1.165, 1.54) is 56.3 Å². The Morgan fingerprint density at radius 2 is 2.11 bits per heavy atom. The molecule has 2 fully saturated rings. The zero-order valence-electron chi connectivity index (χ0n) is 11.8. The molecule has 2 atom stereocenters. The standard InChI is InChI=1S/C17H23NO/c1-19-17-4-2-3-13-10-16-14(9-15(13)17)7-8-18(16)11-12-5-6-12/h2-4,12,14,16H,5-11H2,1H3/t14-,16+/m1/s1. The number of hydrogen-bond acceptors (Lipinski definition) is 2. The monoisotopic (exact) mass is 257 g/mol. The quantitative estimate of drug-likeness (QED) is 0.825. The molecule has 2 heteroatoms. The van der Waals surface area contributed by atoms with Crippen LogP contribution in [-0.4, -0.2) is 31.1 Å². The molecule has 1 saturated heterocycles. The molecule has 0 amide bonds. The van der Waals surface area contributed by atoms with Crippen molar-refractivity contribution >= 4 is 0 Å². The molecule has 3 aliphatic rings. The molecule has 4 rings (SSSR count). The lowest BCUT2D eigenvalue weighted by Crippen LogP contribution is -2.39. The van der Waals surface area contributed by atoms with Crippen LogP contribution in [0.2, 0.25) is 0 Å². The van der Waals surface area contributed by atoms with Crippen LogP contribution in [0.15, 0.2) is 18.2 Å². The molecule has 102 valence electrons. The Labute approximate surface area is 115 Å². The highest BCUT2D eigenvalue weighted by Gasteiger charge is 2.40. The zero-order chi connectivity index (χ0) is 12.8. The fourth-order valence-electron chi connectivity index (χ4n) is 4.09. The maximum atomic E-state index is 5.55. The summed E-state index contributed by atoms with van der Waals surface area (Å²) in [7, 11) is 1.80. The molecule has 1 aromatic carbocycles. The van der Waals surface area contributed by atoms with Crippen molar-refractivity contribution in [2.75, 3.05) is 20.2 Å². The van der Waals surface area contributed by atoms with Gasteiger partial charge in [0.05, 0.1) is 7.11 Å². The first-order chi connectivity index (χ1) is 9.35. The van der Waals surface area contributed by atoms with Gasteiger partial charge in [0.2, 0.25) is 0 Å². The second-order valence-corrected chi connectivity index (χ2v) is 6.56. The van der Waals surface area contributed by atoms with Crippen molar-refractivity contribution in [1.29, 1.82) is 0 Å². The van der Waals surface area contributed by atoms with Crippen molar-refractivity contribution in [2.45, 2.75) is 38.1 Å². The fraction of sp³-hybridized carbons (Fsp3) is 0.647. The largest absolute Gasteiger partial charge is 0.496 e. The maximum absolute atomic E-state index is 5.55. The molecule has 0 radical (unpaired) electrons. The van der Waals surface area contributed by atoms with Gasteiger partial charge in [0.25, 0.3) is 0 Å². The lowest BCUT2D eigenvalue weighted by molar-refractivity contribution is 0.207. The van der Waals surface area contributed by atoms with Gasteiger partial charge >= 0.3 is 0 Å². The van der Waals surface area contributed by atoms with Crippen LogP contribution in [0.25, 0.3) is 0 Å². The average Bonchev–Trinajstić information content (AvgIpc) is 3.18. The van der Waals surface area contributed by atoms with E-state index in [0.717, 1.165) is 23.6 Å². The number of ether oxygens (including phenoxy) is 1. The smallest absolute Gasteiger partial charge is 0.122 e. The molecule has 1 aromatic rings. The summed E-state index contributed by atoms with van der Waals surface area (Å²) >= 11 is 0. The van der Waals surface area contributed by atoms with Gasteiger partial charge in [0.1, 0.15) is 5.75 Å². The molecule has 19 heavy (non-hydrogen) atoms. The Kier molecular flexibility index (Phi) is 2.80. The van der Waals surface area contributed by atoms with Gasteiger partial charge in [-0.05, 0) is 67.7 Å². The minimum Gasteiger partial charge on any atom is -0.496 e. The highest BCUT2D eigenvalue weighted by atomic mass is 16.5. The number of likely N-dealkylation sites (tertiary alicyclic amines) is 1. The lowest BCUT2D eigenvalue weighted by Gasteiger charge is -2.33. The molecule has 2 aliphatic carbocycles. The second kappa shape index (κ2) is 4.52. The van der Waals surface area contributed by atoms with Gasteiger partial charge in [-0.3, -0.25) is 4.90 Å². The molecule has 1 saturated carbocycles. The van der Waals surface area contributed by atoms with Crippen LogP contribution in [0.1, 0.15) is 30.4 Å². The Morgan fingerprint density at radius 1 is 1.21 bits per heavy atom. The van der Waals surface area contributed by atoms with Gasteiger partial charge in [-0.15, -0.1) is 0 Å². The van der Waals surface area contributed by atoms with E-state index in [9.17, 15) is 0 Å². The van der Waals surface area contributed by atoms with E-state index in [2.05, 4.69) is 23.1 Å². The number of nitrogens with zero attached hydrogens (tertiary/aromatic N) is 1. The Bertz CT molecular complexity index is 480. The minimum absolute atomic E-state index is 0.806. The van der Waals surface area contributed by atoms with E-state index in [1.807, 2.05) is 0 Å². The van der Waals surface area contributed by atoms with Crippen LogP contribution in [0.3, 0.4) is 0 Å². The molecule has 1 heterocycles. The third-order valence-electron chi connectivity index (χ3n) is 5.34. The van der Waals surface area contributed by atoms with Crippen molar-refractivity contribution in [1.82, 2.24) is 4.90 Å². The van der Waals surface area contributed by atoms with Crippen molar-refractivity contribution in [3.63, 3.8) is 0 Å². The first-order valence-corrected chi connectivity index (χ1v) is 7.74. The summed E-state index contributed by atoms with van der Waals surface area (Å²) in [4.78, 5) is 2.78. The highest BCUT2D eigenvalue weighted by Crippen LogP contribution is 2.41. The number of methoxy groups -OCH3 is 1. The van der Waals surface area contributed by atoms with Gasteiger partial charge in [-0.2, -0.15) is 0 Å². The van der Waals surface area contributed by atoms with Crippen LogP contribution in [0, 0.1) is 11.8 Å². The van der Waals surface area contributed by atoms with Crippen molar-refractivity contribution in [3.05, 3.63) is 29.3 Å². The van der Waals surface area contributed by atoms with Gasteiger partial charge < -0.3 is 4.74 Å². The molecule has 1 aliphatic heterocycles. The molecule has 0 unspecified atom stereocenters. The van der Waals surface area contributed by atoms with E-state index in [4.69, 9.17) is 4.74 Å². The van der Waals surface area contributed by atoms with Gasteiger partial charge in [0, 0.05) is 12.6 Å². The summed E-state index contributed by atoms with van der Waals surface area (Å²) in [6.07, 6.45) is 6.79. The minimum atomic E-state index is 0.806. The number of rotatable bonds is 3. The summed E-state index contributed by atoms with van der Waals surface area (Å²) in [6, 6.07) is 7.39. The Morgan fingerprint density at radius 3 is 2.89 bits per heavy atom. The Hall–Kier alpha value is -1.02. The first-order valence-electron chi connectivity index (χ1n) is 7.74. The Balaban J connectivity index is 1.59. The van der Waals surface area contributed by atoms with Gasteiger partial charge in [-0.25, -0.2) is 0 Å². The van der Waals surface area contributed by atoms with Gasteiger partial charge in [-0.1, -0.05) is 12.1 Å². The highest BCUT2D eigenvalue weighted by molar-refractivity contribution is 5.43. The average molecular weight is 257 g/mol. The molecular weight excluding hydrogens is 234 g/mol. The SMILES string of the molecule is COc1cccc2c1C[C@H]1CCN(CC3CC3)[C@H]1C2. The van der Waals surface area contributed by atoms with Crippen LogP contribution in [0.5, 0.6) is 5.75 Å². The second-order valence-electron chi connectivity index (χ2n) is 6.56. The van der Waals surface area contributed by atoms with Crippen LogP contribution in [-0.2, 0) is 12.8 Å². The van der Waals surface area contributed by atoms with Crippen LogP contribution in [0.4, 0.5) is 0 Å². The van der Waals surface area contributed by atoms with Crippen molar-refractivity contribution in [3.8, 4) is 5.75 Å². The van der Waals surface area contributed by atoms with E-state index in [-0.39, 0.29) is 0 Å². The molecule has 0 spiro atoms. The summed E-state index contributed by atoms with van der Waals surface area (Å²) in [5.41, 5.74) is 3.02.